The third-order valence-electron chi connectivity index (χ3n) is 2.68. The number of carboxylic acids is 1. The van der Waals surface area contributed by atoms with Gasteiger partial charge in [-0.2, -0.15) is 0 Å². The summed E-state index contributed by atoms with van der Waals surface area (Å²) in [6, 6.07) is 11.9. The molecule has 0 saturated carbocycles. The minimum absolute atomic E-state index is 0.237. The van der Waals surface area contributed by atoms with Crippen LogP contribution in [0.4, 0.5) is 5.69 Å². The number of hydrogen-bond donors (Lipinski definition) is 2. The summed E-state index contributed by atoms with van der Waals surface area (Å²) in [5.74, 6) is -0.351. The molecule has 0 aromatic heterocycles. The molecule has 4 heteroatoms. The maximum absolute atomic E-state index is 11.2. The number of aromatic carboxylic acids is 1. The van der Waals surface area contributed by atoms with Crippen LogP contribution in [0.5, 0.6) is 5.75 Å². The van der Waals surface area contributed by atoms with Crippen molar-refractivity contribution >= 4 is 11.7 Å². The van der Waals surface area contributed by atoms with Crippen LogP contribution >= 0.6 is 0 Å². The standard InChI is InChI=1S/C14H13NO3/c1-18-11-6-7-12(14(16)17)13(8-11)9-2-4-10(15)5-3-9/h2-8H,15H2,1H3,(H,16,17). The highest BCUT2D eigenvalue weighted by Crippen LogP contribution is 2.28. The zero-order chi connectivity index (χ0) is 13.1. The van der Waals surface area contributed by atoms with Gasteiger partial charge in [0.15, 0.2) is 0 Å². The van der Waals surface area contributed by atoms with Crippen LogP contribution in [0.2, 0.25) is 0 Å². The first-order valence-corrected chi connectivity index (χ1v) is 5.39. The summed E-state index contributed by atoms with van der Waals surface area (Å²) < 4.78 is 5.12. The lowest BCUT2D eigenvalue weighted by Gasteiger charge is -2.09. The van der Waals surface area contributed by atoms with E-state index < -0.39 is 5.97 Å². The van der Waals surface area contributed by atoms with Gasteiger partial charge >= 0.3 is 5.97 Å². The Kier molecular flexibility index (Phi) is 3.19. The Morgan fingerprint density at radius 1 is 1.17 bits per heavy atom. The Morgan fingerprint density at radius 2 is 1.83 bits per heavy atom. The summed E-state index contributed by atoms with van der Waals surface area (Å²) in [4.78, 5) is 11.2. The maximum Gasteiger partial charge on any atom is 0.336 e. The molecule has 0 aliphatic heterocycles. The summed E-state index contributed by atoms with van der Waals surface area (Å²) in [5.41, 5.74) is 7.90. The molecule has 0 spiro atoms. The van der Waals surface area contributed by atoms with Crippen molar-refractivity contribution in [3.63, 3.8) is 0 Å². The molecule has 0 atom stereocenters. The predicted octanol–water partition coefficient (Wildman–Crippen LogP) is 2.64. The van der Waals surface area contributed by atoms with Crippen LogP contribution in [-0.2, 0) is 0 Å². The van der Waals surface area contributed by atoms with Gasteiger partial charge in [0.25, 0.3) is 0 Å². The molecule has 0 heterocycles. The highest BCUT2D eigenvalue weighted by molar-refractivity contribution is 5.96. The van der Waals surface area contributed by atoms with Gasteiger partial charge in [-0.15, -0.1) is 0 Å². The molecule has 0 unspecified atom stereocenters. The molecular formula is C14H13NO3. The van der Waals surface area contributed by atoms with E-state index in [-0.39, 0.29) is 5.56 Å². The van der Waals surface area contributed by atoms with Gasteiger partial charge in [0, 0.05) is 5.69 Å². The zero-order valence-electron chi connectivity index (χ0n) is 9.88. The minimum Gasteiger partial charge on any atom is -0.497 e. The van der Waals surface area contributed by atoms with E-state index in [0.717, 1.165) is 5.56 Å². The highest BCUT2D eigenvalue weighted by Gasteiger charge is 2.12. The largest absolute Gasteiger partial charge is 0.497 e. The van der Waals surface area contributed by atoms with Crippen molar-refractivity contribution in [3.05, 3.63) is 48.0 Å². The van der Waals surface area contributed by atoms with Crippen LogP contribution in [0.15, 0.2) is 42.5 Å². The Balaban J connectivity index is 2.59. The molecule has 18 heavy (non-hydrogen) atoms. The number of nitrogen functional groups attached to an aromatic ring is 1. The topological polar surface area (TPSA) is 72.5 Å². The average molecular weight is 243 g/mol. The number of carboxylic acid groups (broad SMARTS) is 1. The highest BCUT2D eigenvalue weighted by atomic mass is 16.5. The van der Waals surface area contributed by atoms with Crippen LogP contribution in [0.3, 0.4) is 0 Å². The van der Waals surface area contributed by atoms with Gasteiger partial charge in [-0.05, 0) is 41.5 Å². The van der Waals surface area contributed by atoms with E-state index in [1.54, 1.807) is 43.5 Å². The zero-order valence-corrected chi connectivity index (χ0v) is 9.88. The monoisotopic (exact) mass is 243 g/mol. The number of benzene rings is 2. The smallest absolute Gasteiger partial charge is 0.336 e. The SMILES string of the molecule is COc1ccc(C(=O)O)c(-c2ccc(N)cc2)c1. The van der Waals surface area contributed by atoms with Crippen LogP contribution in [0.1, 0.15) is 10.4 Å². The average Bonchev–Trinajstić information content (AvgIpc) is 2.38. The second-order valence-electron chi connectivity index (χ2n) is 3.84. The third-order valence-corrected chi connectivity index (χ3v) is 2.68. The number of rotatable bonds is 3. The molecule has 2 aromatic rings. The van der Waals surface area contributed by atoms with Crippen molar-refractivity contribution in [1.29, 1.82) is 0 Å². The first-order chi connectivity index (χ1) is 8.61. The first-order valence-electron chi connectivity index (χ1n) is 5.39. The van der Waals surface area contributed by atoms with E-state index in [0.29, 0.717) is 17.0 Å². The van der Waals surface area contributed by atoms with E-state index >= 15 is 0 Å². The molecule has 2 rings (SSSR count). The molecule has 92 valence electrons. The van der Waals surface area contributed by atoms with Crippen LogP contribution in [0.25, 0.3) is 11.1 Å². The molecule has 0 fully saturated rings. The number of hydrogen-bond acceptors (Lipinski definition) is 3. The molecule has 4 nitrogen and oxygen atoms in total. The first kappa shape index (κ1) is 12.0. The number of carbonyl (C=O) groups is 1. The Hall–Kier alpha value is -2.49. The normalized spacial score (nSPS) is 10.1. The fourth-order valence-corrected chi connectivity index (χ4v) is 1.74. The second-order valence-corrected chi connectivity index (χ2v) is 3.84. The molecule has 0 saturated heterocycles. The van der Waals surface area contributed by atoms with Crippen molar-refractivity contribution in [3.8, 4) is 16.9 Å². The lowest BCUT2D eigenvalue weighted by molar-refractivity contribution is 0.0697. The van der Waals surface area contributed by atoms with Gasteiger partial charge in [-0.3, -0.25) is 0 Å². The van der Waals surface area contributed by atoms with Gasteiger partial charge in [0.05, 0.1) is 12.7 Å². The van der Waals surface area contributed by atoms with Crippen LogP contribution in [0, 0.1) is 0 Å². The fourth-order valence-electron chi connectivity index (χ4n) is 1.74. The van der Waals surface area contributed by atoms with Crippen LogP contribution < -0.4 is 10.5 Å². The van der Waals surface area contributed by atoms with Gasteiger partial charge in [-0.25, -0.2) is 4.79 Å². The molecule has 0 aliphatic rings. The van der Waals surface area contributed by atoms with Gasteiger partial charge < -0.3 is 15.6 Å². The van der Waals surface area contributed by atoms with E-state index in [1.165, 1.54) is 6.07 Å². The van der Waals surface area contributed by atoms with Crippen molar-refractivity contribution in [2.45, 2.75) is 0 Å². The van der Waals surface area contributed by atoms with E-state index in [1.807, 2.05) is 0 Å². The predicted molar refractivity (Wildman–Crippen MR) is 69.8 cm³/mol. The van der Waals surface area contributed by atoms with Crippen LogP contribution in [-0.4, -0.2) is 18.2 Å². The van der Waals surface area contributed by atoms with Gasteiger partial charge in [0.2, 0.25) is 0 Å². The van der Waals surface area contributed by atoms with Crippen molar-refractivity contribution in [2.24, 2.45) is 0 Å². The summed E-state index contributed by atoms with van der Waals surface area (Å²) >= 11 is 0. The van der Waals surface area contributed by atoms with Crippen molar-refractivity contribution in [1.82, 2.24) is 0 Å². The third kappa shape index (κ3) is 2.27. The van der Waals surface area contributed by atoms with Crippen molar-refractivity contribution < 1.29 is 14.6 Å². The number of anilines is 1. The molecule has 0 aliphatic carbocycles. The lowest BCUT2D eigenvalue weighted by atomic mass is 9.99. The summed E-state index contributed by atoms with van der Waals surface area (Å²) in [6.45, 7) is 0. The van der Waals surface area contributed by atoms with E-state index in [9.17, 15) is 9.90 Å². The minimum atomic E-state index is -0.968. The van der Waals surface area contributed by atoms with E-state index in [4.69, 9.17) is 10.5 Å². The summed E-state index contributed by atoms with van der Waals surface area (Å²) in [6.07, 6.45) is 0. The Labute approximate surface area is 105 Å². The van der Waals surface area contributed by atoms with Gasteiger partial charge in [-0.1, -0.05) is 12.1 Å². The number of nitrogens with two attached hydrogens (primary N) is 1. The second kappa shape index (κ2) is 4.79. The van der Waals surface area contributed by atoms with E-state index in [2.05, 4.69) is 0 Å². The fraction of sp³-hybridized carbons (Fsp3) is 0.0714. The molecule has 0 radical (unpaired) electrons. The molecule has 0 bridgehead atoms. The number of ether oxygens (including phenoxy) is 1. The lowest BCUT2D eigenvalue weighted by Crippen LogP contribution is -2.00. The Bertz CT molecular complexity index is 576. The quantitative estimate of drug-likeness (QED) is 0.813. The molecule has 0 amide bonds. The molecular weight excluding hydrogens is 230 g/mol. The maximum atomic E-state index is 11.2. The summed E-state index contributed by atoms with van der Waals surface area (Å²) in [5, 5.41) is 9.18. The molecule has 2 aromatic carbocycles. The molecule has 3 N–H and O–H groups in total. The van der Waals surface area contributed by atoms with Gasteiger partial charge in [0.1, 0.15) is 5.75 Å². The number of methoxy groups -OCH3 is 1. The summed E-state index contributed by atoms with van der Waals surface area (Å²) in [7, 11) is 1.54. The Morgan fingerprint density at radius 3 is 2.39 bits per heavy atom. The van der Waals surface area contributed by atoms with Crippen molar-refractivity contribution in [2.75, 3.05) is 12.8 Å².